The molecule has 0 saturated heterocycles. The highest BCUT2D eigenvalue weighted by Crippen LogP contribution is 2.43. The summed E-state index contributed by atoms with van der Waals surface area (Å²) in [4.78, 5) is 12.4. The molecule has 308 valence electrons. The van der Waals surface area contributed by atoms with Crippen LogP contribution in [-0.2, 0) is 0 Å². The zero-order chi connectivity index (χ0) is 43.1. The molecule has 1 atom stereocenters. The van der Waals surface area contributed by atoms with Crippen molar-refractivity contribution < 1.29 is 0 Å². The number of para-hydroxylation sites is 1. The van der Waals surface area contributed by atoms with Crippen molar-refractivity contribution in [2.24, 2.45) is 9.98 Å². The first-order valence-corrected chi connectivity index (χ1v) is 22.2. The van der Waals surface area contributed by atoms with Gasteiger partial charge >= 0.3 is 0 Å². The van der Waals surface area contributed by atoms with Crippen molar-refractivity contribution in [3.8, 4) is 44.5 Å². The number of hydrogen-bond acceptors (Lipinski definition) is 5. The van der Waals surface area contributed by atoms with Crippen molar-refractivity contribution in [2.45, 2.75) is 6.17 Å². The molecule has 2 heterocycles. The summed E-state index contributed by atoms with van der Waals surface area (Å²) in [6, 6.07) is 82.4. The van der Waals surface area contributed by atoms with E-state index in [4.69, 9.17) is 9.98 Å². The maximum Gasteiger partial charge on any atom is 0.159 e. The number of nitrogens with zero attached hydrogens (tertiary/aromatic N) is 3. The molecular weight excluding hydrogens is 791 g/mol. The van der Waals surface area contributed by atoms with E-state index in [-0.39, 0.29) is 6.17 Å². The van der Waals surface area contributed by atoms with Crippen LogP contribution in [0.1, 0.15) is 22.9 Å². The molecule has 12 rings (SSSR count). The molecule has 0 spiro atoms. The molecule has 0 saturated carbocycles. The highest BCUT2D eigenvalue weighted by Gasteiger charge is 2.23. The Bertz CT molecular complexity index is 3430. The molecule has 0 fully saturated rings. The second-order valence-corrected chi connectivity index (χ2v) is 16.6. The van der Waals surface area contributed by atoms with E-state index in [1.54, 1.807) is 0 Å². The molecule has 2 N–H and O–H groups in total. The lowest BCUT2D eigenvalue weighted by molar-refractivity contribution is 0.674. The van der Waals surface area contributed by atoms with Crippen LogP contribution in [0.5, 0.6) is 0 Å². The quantitative estimate of drug-likeness (QED) is 0.160. The summed E-state index contributed by atoms with van der Waals surface area (Å²) in [7, 11) is 0. The lowest BCUT2D eigenvalue weighted by atomic mass is 9.87. The Morgan fingerprint density at radius 2 is 0.877 bits per heavy atom. The van der Waals surface area contributed by atoms with Gasteiger partial charge in [0.2, 0.25) is 0 Å². The van der Waals surface area contributed by atoms with Gasteiger partial charge in [-0.25, -0.2) is 9.98 Å². The first kappa shape index (κ1) is 38.2. The summed E-state index contributed by atoms with van der Waals surface area (Å²) < 4.78 is 0. The standard InChI is InChI=1S/C60H43N5/c1-4-14-43(15-5-1)58-62-59(44-16-6-2-7-17-44)64-60(63-58)45-30-28-42(29-31-45)49-34-36-55(53-23-13-11-21-51(49)53)54-35-33-48(50-20-10-12-22-52(50)54)41-26-24-40(25-27-41)46-32-37-56-57(38-46)65(39-61-56)47-18-8-3-9-19-47/h1-38,60-61H,39H2,(H,62,63,64). The van der Waals surface area contributed by atoms with Crippen LogP contribution in [0, 0.1) is 0 Å². The molecule has 0 aromatic heterocycles. The van der Waals surface area contributed by atoms with Gasteiger partial charge in [-0.3, -0.25) is 0 Å². The number of aliphatic imine (C=N–C) groups is 2. The fraction of sp³-hybridized carbons (Fsp3) is 0.0333. The van der Waals surface area contributed by atoms with Crippen LogP contribution in [0.15, 0.2) is 241 Å². The van der Waals surface area contributed by atoms with Gasteiger partial charge in [0.25, 0.3) is 0 Å². The topological polar surface area (TPSA) is 52.0 Å². The van der Waals surface area contributed by atoms with E-state index in [1.165, 1.54) is 71.9 Å². The number of rotatable bonds is 8. The van der Waals surface area contributed by atoms with Crippen LogP contribution in [0.25, 0.3) is 66.1 Å². The van der Waals surface area contributed by atoms with Gasteiger partial charge in [-0.15, -0.1) is 0 Å². The number of nitrogens with one attached hydrogen (secondary N) is 2. The van der Waals surface area contributed by atoms with E-state index < -0.39 is 0 Å². The predicted octanol–water partition coefficient (Wildman–Crippen LogP) is 14.7. The van der Waals surface area contributed by atoms with E-state index in [0.717, 1.165) is 46.3 Å². The minimum absolute atomic E-state index is 0.283. The zero-order valence-corrected chi connectivity index (χ0v) is 35.6. The second-order valence-electron chi connectivity index (χ2n) is 16.6. The molecular formula is C60H43N5. The molecule has 1 unspecified atom stereocenters. The number of benzene rings is 10. The predicted molar refractivity (Wildman–Crippen MR) is 272 cm³/mol. The number of fused-ring (bicyclic) bond motifs is 3. The Morgan fingerprint density at radius 1 is 0.400 bits per heavy atom. The van der Waals surface area contributed by atoms with Gasteiger partial charge in [0.15, 0.2) is 5.84 Å². The van der Waals surface area contributed by atoms with Crippen LogP contribution < -0.4 is 15.5 Å². The molecule has 65 heavy (non-hydrogen) atoms. The van der Waals surface area contributed by atoms with Gasteiger partial charge in [-0.2, -0.15) is 0 Å². The lowest BCUT2D eigenvalue weighted by Gasteiger charge is -2.24. The fourth-order valence-corrected chi connectivity index (χ4v) is 9.51. The van der Waals surface area contributed by atoms with Crippen LogP contribution >= 0.6 is 0 Å². The average molecular weight is 834 g/mol. The fourth-order valence-electron chi connectivity index (χ4n) is 9.51. The van der Waals surface area contributed by atoms with Crippen molar-refractivity contribution in [1.82, 2.24) is 5.32 Å². The van der Waals surface area contributed by atoms with Crippen molar-refractivity contribution in [3.05, 3.63) is 247 Å². The smallest absolute Gasteiger partial charge is 0.159 e. The maximum absolute atomic E-state index is 5.10. The van der Waals surface area contributed by atoms with Crippen LogP contribution in [-0.4, -0.2) is 18.3 Å². The largest absolute Gasteiger partial charge is 0.366 e. The average Bonchev–Trinajstić information content (AvgIpc) is 3.82. The molecule has 0 bridgehead atoms. The summed E-state index contributed by atoms with van der Waals surface area (Å²) in [5.41, 5.74) is 16.3. The monoisotopic (exact) mass is 833 g/mol. The summed E-state index contributed by atoms with van der Waals surface area (Å²) in [5.74, 6) is 1.53. The Hall–Kier alpha value is -8.54. The Morgan fingerprint density at radius 3 is 1.48 bits per heavy atom. The van der Waals surface area contributed by atoms with Crippen LogP contribution in [0.4, 0.5) is 17.1 Å². The molecule has 0 radical (unpaired) electrons. The van der Waals surface area contributed by atoms with Crippen molar-refractivity contribution in [1.29, 1.82) is 0 Å². The first-order chi connectivity index (χ1) is 32.2. The van der Waals surface area contributed by atoms with E-state index in [9.17, 15) is 0 Å². The number of anilines is 3. The first-order valence-electron chi connectivity index (χ1n) is 22.2. The lowest BCUT2D eigenvalue weighted by Crippen LogP contribution is -2.33. The van der Waals surface area contributed by atoms with Crippen LogP contribution in [0.2, 0.25) is 0 Å². The summed E-state index contributed by atoms with van der Waals surface area (Å²) >= 11 is 0. The molecule has 2 aliphatic heterocycles. The van der Waals surface area contributed by atoms with Gasteiger partial charge in [-0.05, 0) is 95.9 Å². The van der Waals surface area contributed by atoms with Crippen molar-refractivity contribution in [2.75, 3.05) is 16.9 Å². The Balaban J connectivity index is 0.851. The highest BCUT2D eigenvalue weighted by molar-refractivity contribution is 6.14. The molecule has 10 aromatic rings. The molecule has 2 aliphatic rings. The minimum atomic E-state index is -0.283. The third-order valence-electron chi connectivity index (χ3n) is 12.8. The van der Waals surface area contributed by atoms with Gasteiger partial charge in [-0.1, -0.05) is 206 Å². The van der Waals surface area contributed by atoms with Gasteiger partial charge < -0.3 is 15.5 Å². The third-order valence-corrected chi connectivity index (χ3v) is 12.8. The summed E-state index contributed by atoms with van der Waals surface area (Å²) in [6.07, 6.45) is -0.283. The number of amidine groups is 2. The SMILES string of the molecule is c1ccc(C2=NC(c3ccc(-c4ccc(-c5ccc(-c6ccc(-c7ccc8c(c7)N(c7ccccc7)CN8)cc6)c6ccccc56)c5ccccc45)cc3)NC(c3ccccc3)=N2)cc1. The summed E-state index contributed by atoms with van der Waals surface area (Å²) in [6.45, 7) is 0.761. The highest BCUT2D eigenvalue weighted by atomic mass is 15.3. The van der Waals surface area contributed by atoms with Crippen molar-refractivity contribution >= 4 is 50.3 Å². The Labute approximate surface area is 378 Å². The molecule has 0 aliphatic carbocycles. The maximum atomic E-state index is 5.10. The number of hydrogen-bond donors (Lipinski definition) is 2. The van der Waals surface area contributed by atoms with E-state index in [1.807, 2.05) is 36.4 Å². The van der Waals surface area contributed by atoms with Gasteiger partial charge in [0.05, 0.1) is 18.0 Å². The minimum Gasteiger partial charge on any atom is -0.366 e. The third kappa shape index (κ3) is 7.10. The molecule has 10 aromatic carbocycles. The Kier molecular flexibility index (Phi) is 9.57. The molecule has 5 heteroatoms. The van der Waals surface area contributed by atoms with Crippen molar-refractivity contribution in [3.63, 3.8) is 0 Å². The van der Waals surface area contributed by atoms with E-state index in [2.05, 4.69) is 210 Å². The molecule has 0 amide bonds. The molecule has 5 nitrogen and oxygen atoms in total. The van der Waals surface area contributed by atoms with Gasteiger partial charge in [0.1, 0.15) is 12.0 Å². The normalized spacial score (nSPS) is 14.3. The zero-order valence-electron chi connectivity index (χ0n) is 35.6. The van der Waals surface area contributed by atoms with E-state index >= 15 is 0 Å². The summed E-state index contributed by atoms with van der Waals surface area (Å²) in [5, 5.41) is 12.1. The van der Waals surface area contributed by atoms with Gasteiger partial charge in [0, 0.05) is 16.8 Å². The second kappa shape index (κ2) is 16.3. The van der Waals surface area contributed by atoms with E-state index in [0.29, 0.717) is 0 Å². The van der Waals surface area contributed by atoms with Crippen LogP contribution in [0.3, 0.4) is 0 Å².